The van der Waals surface area contributed by atoms with Crippen LogP contribution in [0.15, 0.2) is 227 Å². The number of furan rings is 2. The van der Waals surface area contributed by atoms with Crippen molar-refractivity contribution in [3.05, 3.63) is 218 Å². The SMILES string of the molecule is c1ccc(-c2ccc3oc4cc(-c5nc(-c6ccccc6)nc(-c6cccc7oc8ccc(-c9cccc%10c%11c%12c(ccc%11n(-c%11ccccc%11)c9%10)sc9ccccc9%12)cc8c67)n5)ccc4c3c2)cc1. The van der Waals surface area contributed by atoms with Gasteiger partial charge >= 0.3 is 0 Å². The number of aromatic nitrogens is 4. The molecule has 15 aromatic rings. The summed E-state index contributed by atoms with van der Waals surface area (Å²) in [5.41, 5.74) is 13.7. The van der Waals surface area contributed by atoms with Gasteiger partial charge in [-0.3, -0.25) is 0 Å². The van der Waals surface area contributed by atoms with Gasteiger partial charge in [0.1, 0.15) is 22.3 Å². The molecule has 5 aromatic heterocycles. The molecule has 5 heterocycles. The van der Waals surface area contributed by atoms with E-state index < -0.39 is 0 Å². The lowest BCUT2D eigenvalue weighted by atomic mass is 9.98. The highest BCUT2D eigenvalue weighted by Gasteiger charge is 2.23. The van der Waals surface area contributed by atoms with Crippen molar-refractivity contribution >= 4 is 97.2 Å². The standard InChI is InChI=1S/C63H36N4O2S/c1-4-14-37(15-5-1)39-27-31-51-48(34-39)44-29-26-41(36-54(44)69-51)62-64-61(38-16-6-2-7-17-38)65-63(66-62)47-23-13-24-53-57(47)49-35-40(28-32-52(49)68-53)43-21-12-22-46-58-50(67(60(43)46)42-18-8-3-9-19-42)30-33-56-59(58)45-20-10-11-25-55(45)70-56/h1-36H. The first-order valence-corrected chi connectivity index (χ1v) is 24.2. The zero-order valence-corrected chi connectivity index (χ0v) is 38.1. The van der Waals surface area contributed by atoms with Gasteiger partial charge in [0, 0.05) is 80.4 Å². The Kier molecular flexibility index (Phi) is 8.43. The van der Waals surface area contributed by atoms with Crippen molar-refractivity contribution in [2.45, 2.75) is 0 Å². The van der Waals surface area contributed by atoms with E-state index in [0.717, 1.165) is 94.0 Å². The molecule has 0 aliphatic rings. The molecule has 0 spiro atoms. The highest BCUT2D eigenvalue weighted by molar-refractivity contribution is 7.26. The molecule has 0 amide bonds. The fourth-order valence-electron chi connectivity index (χ4n) is 10.7. The van der Waals surface area contributed by atoms with Gasteiger partial charge in [-0.1, -0.05) is 146 Å². The molecule has 0 saturated carbocycles. The Hall–Kier alpha value is -9.17. The molecule has 0 unspecified atom stereocenters. The second-order valence-electron chi connectivity index (χ2n) is 17.9. The van der Waals surface area contributed by atoms with Gasteiger partial charge in [-0.25, -0.2) is 15.0 Å². The predicted molar refractivity (Wildman–Crippen MR) is 289 cm³/mol. The molecule has 0 aliphatic carbocycles. The quantitative estimate of drug-likeness (QED) is 0.166. The molecular formula is C63H36N4O2S. The molecule has 0 radical (unpaired) electrons. The molecule has 0 N–H and O–H groups in total. The number of hydrogen-bond acceptors (Lipinski definition) is 6. The van der Waals surface area contributed by atoms with Gasteiger partial charge in [0.05, 0.1) is 11.0 Å². The van der Waals surface area contributed by atoms with Crippen molar-refractivity contribution in [3.63, 3.8) is 0 Å². The Morgan fingerprint density at radius 3 is 1.81 bits per heavy atom. The Bertz CT molecular complexity index is 4590. The topological polar surface area (TPSA) is 69.9 Å². The molecule has 0 fully saturated rings. The summed E-state index contributed by atoms with van der Waals surface area (Å²) in [4.78, 5) is 15.6. The number of para-hydroxylation sites is 2. The summed E-state index contributed by atoms with van der Waals surface area (Å²) in [6.45, 7) is 0. The number of benzene rings is 10. The van der Waals surface area contributed by atoms with Crippen LogP contribution in [0.5, 0.6) is 0 Å². The molecule has 7 heteroatoms. The van der Waals surface area contributed by atoms with Crippen LogP contribution in [0.2, 0.25) is 0 Å². The van der Waals surface area contributed by atoms with Gasteiger partial charge in [-0.15, -0.1) is 11.3 Å². The summed E-state index contributed by atoms with van der Waals surface area (Å²) in [7, 11) is 0. The van der Waals surface area contributed by atoms with Crippen LogP contribution in [0, 0.1) is 0 Å². The summed E-state index contributed by atoms with van der Waals surface area (Å²) in [5, 5.41) is 9.10. The van der Waals surface area contributed by atoms with Crippen LogP contribution in [0.3, 0.4) is 0 Å². The molecule has 0 aliphatic heterocycles. The van der Waals surface area contributed by atoms with Crippen molar-refractivity contribution in [3.8, 4) is 62.1 Å². The van der Waals surface area contributed by atoms with Gasteiger partial charge < -0.3 is 13.4 Å². The Labute approximate surface area is 404 Å². The van der Waals surface area contributed by atoms with E-state index in [-0.39, 0.29) is 0 Å². The van der Waals surface area contributed by atoms with E-state index in [1.165, 1.54) is 36.5 Å². The number of fused-ring (bicyclic) bond motifs is 13. The number of nitrogens with zero attached hydrogens (tertiary/aromatic N) is 4. The average Bonchev–Trinajstić information content (AvgIpc) is 4.20. The molecule has 0 bridgehead atoms. The molecule has 10 aromatic carbocycles. The summed E-state index contributed by atoms with van der Waals surface area (Å²) in [6.07, 6.45) is 0. The zero-order chi connectivity index (χ0) is 45.9. The van der Waals surface area contributed by atoms with Crippen LogP contribution < -0.4 is 0 Å². The third kappa shape index (κ3) is 5.95. The van der Waals surface area contributed by atoms with Crippen LogP contribution in [-0.4, -0.2) is 19.5 Å². The molecule has 6 nitrogen and oxygen atoms in total. The third-order valence-corrected chi connectivity index (χ3v) is 15.0. The van der Waals surface area contributed by atoms with Crippen LogP contribution in [0.4, 0.5) is 0 Å². The van der Waals surface area contributed by atoms with E-state index in [1.807, 2.05) is 65.9 Å². The molecule has 0 saturated heterocycles. The minimum atomic E-state index is 0.551. The number of hydrogen-bond donors (Lipinski definition) is 0. The van der Waals surface area contributed by atoms with E-state index >= 15 is 0 Å². The Morgan fingerprint density at radius 2 is 0.971 bits per heavy atom. The first-order valence-electron chi connectivity index (χ1n) is 23.4. The van der Waals surface area contributed by atoms with Crippen LogP contribution >= 0.6 is 11.3 Å². The number of thiophene rings is 1. The highest BCUT2D eigenvalue weighted by Crippen LogP contribution is 2.47. The van der Waals surface area contributed by atoms with Crippen molar-refractivity contribution < 1.29 is 8.83 Å². The monoisotopic (exact) mass is 912 g/mol. The van der Waals surface area contributed by atoms with E-state index in [2.05, 4.69) is 168 Å². The second-order valence-corrected chi connectivity index (χ2v) is 18.9. The fraction of sp³-hybridized carbons (Fsp3) is 0. The van der Waals surface area contributed by atoms with Gasteiger partial charge in [0.2, 0.25) is 0 Å². The lowest BCUT2D eigenvalue weighted by molar-refractivity contribution is 0.668. The summed E-state index contributed by atoms with van der Waals surface area (Å²) in [6, 6.07) is 76.7. The van der Waals surface area contributed by atoms with Gasteiger partial charge in [-0.2, -0.15) is 0 Å². The normalized spacial score (nSPS) is 12.0. The summed E-state index contributed by atoms with van der Waals surface area (Å²) >= 11 is 1.86. The summed E-state index contributed by atoms with van der Waals surface area (Å²) in [5.74, 6) is 1.68. The maximum Gasteiger partial charge on any atom is 0.164 e. The Morgan fingerprint density at radius 1 is 0.329 bits per heavy atom. The fourth-order valence-corrected chi connectivity index (χ4v) is 11.8. The zero-order valence-electron chi connectivity index (χ0n) is 37.3. The van der Waals surface area contributed by atoms with Gasteiger partial charge in [0.25, 0.3) is 0 Å². The lowest BCUT2D eigenvalue weighted by Crippen LogP contribution is -2.00. The van der Waals surface area contributed by atoms with Crippen LogP contribution in [-0.2, 0) is 0 Å². The van der Waals surface area contributed by atoms with E-state index in [4.69, 9.17) is 23.8 Å². The predicted octanol–water partition coefficient (Wildman–Crippen LogP) is 17.5. The van der Waals surface area contributed by atoms with Crippen LogP contribution in [0.1, 0.15) is 0 Å². The van der Waals surface area contributed by atoms with Gasteiger partial charge in [0.15, 0.2) is 17.5 Å². The molecule has 326 valence electrons. The lowest BCUT2D eigenvalue weighted by Gasteiger charge is -2.12. The van der Waals surface area contributed by atoms with Gasteiger partial charge in [-0.05, 0) is 89.5 Å². The smallest absolute Gasteiger partial charge is 0.164 e. The third-order valence-electron chi connectivity index (χ3n) is 13.9. The average molecular weight is 913 g/mol. The summed E-state index contributed by atoms with van der Waals surface area (Å²) < 4.78 is 18.2. The van der Waals surface area contributed by atoms with Crippen molar-refractivity contribution in [1.82, 2.24) is 19.5 Å². The maximum atomic E-state index is 6.67. The van der Waals surface area contributed by atoms with Crippen LogP contribution in [0.25, 0.3) is 148 Å². The molecule has 15 rings (SSSR count). The maximum absolute atomic E-state index is 6.67. The van der Waals surface area contributed by atoms with Crippen molar-refractivity contribution in [2.75, 3.05) is 0 Å². The second kappa shape index (κ2) is 15.2. The Balaban J connectivity index is 0.925. The minimum Gasteiger partial charge on any atom is -0.456 e. The molecule has 0 atom stereocenters. The highest BCUT2D eigenvalue weighted by atomic mass is 32.1. The minimum absolute atomic E-state index is 0.551. The van der Waals surface area contributed by atoms with E-state index in [9.17, 15) is 0 Å². The van der Waals surface area contributed by atoms with E-state index in [1.54, 1.807) is 0 Å². The van der Waals surface area contributed by atoms with Crippen molar-refractivity contribution in [1.29, 1.82) is 0 Å². The van der Waals surface area contributed by atoms with E-state index in [0.29, 0.717) is 17.5 Å². The molecular weight excluding hydrogens is 877 g/mol. The first-order chi connectivity index (χ1) is 34.7. The number of rotatable bonds is 6. The largest absolute Gasteiger partial charge is 0.456 e. The van der Waals surface area contributed by atoms with Crippen molar-refractivity contribution in [2.24, 2.45) is 0 Å². The molecule has 70 heavy (non-hydrogen) atoms. The first kappa shape index (κ1) is 38.9.